The van der Waals surface area contributed by atoms with Gasteiger partial charge in [-0.05, 0) is 63.6 Å². The van der Waals surface area contributed by atoms with Crippen molar-refractivity contribution in [1.29, 1.82) is 0 Å². The smallest absolute Gasteiger partial charge is 0.344 e. The summed E-state index contributed by atoms with van der Waals surface area (Å²) in [5, 5.41) is 11.5. The van der Waals surface area contributed by atoms with Crippen LogP contribution in [0.15, 0.2) is 59.1 Å². The van der Waals surface area contributed by atoms with Gasteiger partial charge in [0.05, 0.1) is 5.52 Å². The summed E-state index contributed by atoms with van der Waals surface area (Å²) in [6, 6.07) is 10.6. The summed E-state index contributed by atoms with van der Waals surface area (Å²) in [5.41, 5.74) is 2.44. The lowest BCUT2D eigenvalue weighted by Gasteiger charge is -2.19. The first kappa shape index (κ1) is 23.5. The second-order valence-electron chi connectivity index (χ2n) is 9.18. The topological polar surface area (TPSA) is 93.9 Å². The average Bonchev–Trinajstić information content (AvgIpc) is 2.75. The number of ether oxygens (including phenoxy) is 2. The SMILES string of the molecule is CC1=CC(=Nc2nc(C(O)c3ccc(F)cc3)nc3cc(OCC(=O)OC(C)(C)C)ccc23)C1. The second-order valence-corrected chi connectivity index (χ2v) is 9.18. The zero-order valence-electron chi connectivity index (χ0n) is 19.5. The van der Waals surface area contributed by atoms with Gasteiger partial charge in [-0.25, -0.2) is 24.1 Å². The molecule has 1 aromatic heterocycles. The normalized spacial score (nSPS) is 15.6. The van der Waals surface area contributed by atoms with Crippen LogP contribution >= 0.6 is 0 Å². The summed E-state index contributed by atoms with van der Waals surface area (Å²) in [7, 11) is 0. The number of aromatic nitrogens is 2. The molecule has 0 aliphatic heterocycles. The summed E-state index contributed by atoms with van der Waals surface area (Å²) < 4.78 is 24.2. The van der Waals surface area contributed by atoms with Gasteiger partial charge >= 0.3 is 5.97 Å². The first-order valence-electron chi connectivity index (χ1n) is 10.9. The van der Waals surface area contributed by atoms with Gasteiger partial charge in [-0.3, -0.25) is 0 Å². The minimum absolute atomic E-state index is 0.128. The van der Waals surface area contributed by atoms with E-state index in [1.807, 2.05) is 13.0 Å². The van der Waals surface area contributed by atoms with Crippen molar-refractivity contribution in [3.05, 3.63) is 71.3 Å². The fourth-order valence-electron chi connectivity index (χ4n) is 3.46. The molecule has 1 aliphatic rings. The van der Waals surface area contributed by atoms with Gasteiger partial charge in [0.15, 0.2) is 18.2 Å². The van der Waals surface area contributed by atoms with E-state index in [0.29, 0.717) is 28.0 Å². The van der Waals surface area contributed by atoms with Crippen molar-refractivity contribution in [2.45, 2.75) is 45.8 Å². The van der Waals surface area contributed by atoms with E-state index in [9.17, 15) is 14.3 Å². The average molecular weight is 464 g/mol. The highest BCUT2D eigenvalue weighted by molar-refractivity contribution is 6.06. The predicted molar refractivity (Wildman–Crippen MR) is 127 cm³/mol. The summed E-state index contributed by atoms with van der Waals surface area (Å²) in [5.74, 6) is 0.0713. The number of carbonyl (C=O) groups is 1. The minimum atomic E-state index is -1.17. The Morgan fingerprint density at radius 3 is 2.53 bits per heavy atom. The van der Waals surface area contributed by atoms with Crippen LogP contribution in [0.25, 0.3) is 10.9 Å². The molecule has 34 heavy (non-hydrogen) atoms. The van der Waals surface area contributed by atoms with Crippen molar-refractivity contribution < 1.29 is 23.8 Å². The van der Waals surface area contributed by atoms with E-state index in [0.717, 1.165) is 12.1 Å². The molecule has 0 saturated carbocycles. The number of aliphatic hydroxyl groups excluding tert-OH is 1. The molecule has 1 N–H and O–H groups in total. The van der Waals surface area contributed by atoms with Crippen molar-refractivity contribution in [1.82, 2.24) is 9.97 Å². The Hall–Kier alpha value is -3.65. The van der Waals surface area contributed by atoms with Crippen LogP contribution in [0.1, 0.15) is 51.6 Å². The van der Waals surface area contributed by atoms with E-state index in [4.69, 9.17) is 9.47 Å². The summed E-state index contributed by atoms with van der Waals surface area (Å²) in [6.45, 7) is 7.13. The van der Waals surface area contributed by atoms with Crippen LogP contribution in [-0.4, -0.2) is 39.0 Å². The highest BCUT2D eigenvalue weighted by Gasteiger charge is 2.20. The highest BCUT2D eigenvalue weighted by Crippen LogP contribution is 2.31. The molecule has 0 spiro atoms. The quantitative estimate of drug-likeness (QED) is 0.518. The van der Waals surface area contributed by atoms with Gasteiger partial charge in [0.2, 0.25) is 0 Å². The summed E-state index contributed by atoms with van der Waals surface area (Å²) in [6.07, 6.45) is 1.56. The third kappa shape index (κ3) is 5.63. The van der Waals surface area contributed by atoms with Gasteiger partial charge < -0.3 is 14.6 Å². The molecule has 1 unspecified atom stereocenters. The monoisotopic (exact) mass is 463 g/mol. The van der Waals surface area contributed by atoms with Crippen molar-refractivity contribution in [2.24, 2.45) is 4.99 Å². The van der Waals surface area contributed by atoms with Gasteiger partial charge in [0, 0.05) is 23.6 Å². The molecule has 1 atom stereocenters. The maximum Gasteiger partial charge on any atom is 0.344 e. The Morgan fingerprint density at radius 2 is 1.88 bits per heavy atom. The van der Waals surface area contributed by atoms with Gasteiger partial charge in [-0.15, -0.1) is 0 Å². The number of allylic oxidation sites excluding steroid dienone is 2. The van der Waals surface area contributed by atoms with E-state index in [2.05, 4.69) is 15.0 Å². The molecule has 8 heteroatoms. The molecular formula is C26H26FN3O4. The molecule has 0 amide bonds. The Bertz CT molecular complexity index is 1290. The van der Waals surface area contributed by atoms with Gasteiger partial charge in [-0.2, -0.15) is 0 Å². The largest absolute Gasteiger partial charge is 0.482 e. The predicted octanol–water partition coefficient (Wildman–Crippen LogP) is 4.99. The minimum Gasteiger partial charge on any atom is -0.482 e. The van der Waals surface area contributed by atoms with Crippen LogP contribution in [-0.2, 0) is 9.53 Å². The third-order valence-electron chi connectivity index (χ3n) is 5.00. The second kappa shape index (κ2) is 9.30. The molecule has 0 fully saturated rings. The number of rotatable bonds is 6. The standard InChI is InChI=1S/C26H26FN3O4/c1-15-11-18(12-15)28-24-20-10-9-19(33-14-22(31)34-26(2,3)4)13-21(20)29-25(30-24)23(32)16-5-7-17(27)8-6-16/h5-11,13,23,32H,12,14H2,1-4H3. The Morgan fingerprint density at radius 1 is 1.18 bits per heavy atom. The molecule has 0 bridgehead atoms. The fourth-order valence-corrected chi connectivity index (χ4v) is 3.46. The van der Waals surface area contributed by atoms with E-state index >= 15 is 0 Å². The number of esters is 1. The highest BCUT2D eigenvalue weighted by atomic mass is 19.1. The first-order valence-corrected chi connectivity index (χ1v) is 10.9. The molecule has 2 aromatic carbocycles. The lowest BCUT2D eigenvalue weighted by molar-refractivity contribution is -0.157. The van der Waals surface area contributed by atoms with Crippen LogP contribution < -0.4 is 4.74 Å². The van der Waals surface area contributed by atoms with Crippen molar-refractivity contribution in [3.63, 3.8) is 0 Å². The van der Waals surface area contributed by atoms with E-state index in [1.54, 1.807) is 39.0 Å². The third-order valence-corrected chi connectivity index (χ3v) is 5.00. The van der Waals surface area contributed by atoms with E-state index in [1.165, 1.54) is 29.8 Å². The molecule has 0 saturated heterocycles. The Kier molecular flexibility index (Phi) is 6.43. The zero-order valence-corrected chi connectivity index (χ0v) is 19.5. The van der Waals surface area contributed by atoms with Gasteiger partial charge in [0.25, 0.3) is 0 Å². The van der Waals surface area contributed by atoms with Crippen molar-refractivity contribution >= 4 is 28.4 Å². The fraction of sp³-hybridized carbons (Fsp3) is 0.308. The van der Waals surface area contributed by atoms with Gasteiger partial charge in [-0.1, -0.05) is 17.7 Å². The Balaban J connectivity index is 1.68. The number of hydrogen-bond acceptors (Lipinski definition) is 7. The molecular weight excluding hydrogens is 437 g/mol. The van der Waals surface area contributed by atoms with Gasteiger partial charge in [0.1, 0.15) is 23.3 Å². The lowest BCUT2D eigenvalue weighted by Crippen LogP contribution is -2.27. The number of carbonyl (C=O) groups excluding carboxylic acids is 1. The maximum atomic E-state index is 13.3. The first-order chi connectivity index (χ1) is 16.1. The number of aliphatic imine (C=N–C) groups is 1. The zero-order chi connectivity index (χ0) is 24.5. The van der Waals surface area contributed by atoms with Crippen LogP contribution in [0.5, 0.6) is 5.75 Å². The number of halogens is 1. The molecule has 3 aromatic rings. The summed E-state index contributed by atoms with van der Waals surface area (Å²) in [4.78, 5) is 25.7. The number of aliphatic hydroxyl groups is 1. The number of fused-ring (bicyclic) bond motifs is 1. The van der Waals surface area contributed by atoms with Crippen LogP contribution in [0, 0.1) is 5.82 Å². The number of benzene rings is 2. The maximum absolute atomic E-state index is 13.3. The van der Waals surface area contributed by atoms with Crippen molar-refractivity contribution in [3.8, 4) is 5.75 Å². The van der Waals surface area contributed by atoms with E-state index in [-0.39, 0.29) is 12.4 Å². The van der Waals surface area contributed by atoms with Crippen LogP contribution in [0.3, 0.4) is 0 Å². The molecule has 0 radical (unpaired) electrons. The Labute approximate surface area is 197 Å². The summed E-state index contributed by atoms with van der Waals surface area (Å²) >= 11 is 0. The molecule has 1 heterocycles. The molecule has 4 rings (SSSR count). The lowest BCUT2D eigenvalue weighted by atomic mass is 9.98. The number of nitrogens with zero attached hydrogens (tertiary/aromatic N) is 3. The van der Waals surface area contributed by atoms with Crippen LogP contribution in [0.2, 0.25) is 0 Å². The van der Waals surface area contributed by atoms with Crippen molar-refractivity contribution in [2.75, 3.05) is 6.61 Å². The number of hydrogen-bond donors (Lipinski definition) is 1. The molecule has 1 aliphatic carbocycles. The molecule has 7 nitrogen and oxygen atoms in total. The van der Waals surface area contributed by atoms with Crippen LogP contribution in [0.4, 0.5) is 10.2 Å². The molecule has 176 valence electrons. The van der Waals surface area contributed by atoms with E-state index < -0.39 is 23.5 Å².